The molecule has 0 aliphatic carbocycles. The van der Waals surface area contributed by atoms with Crippen LogP contribution in [0.5, 0.6) is 5.75 Å². The molecule has 0 saturated heterocycles. The Labute approximate surface area is 154 Å². The van der Waals surface area contributed by atoms with Crippen LogP contribution in [-0.2, 0) is 9.59 Å². The van der Waals surface area contributed by atoms with Gasteiger partial charge in [-0.1, -0.05) is 18.2 Å². The van der Waals surface area contributed by atoms with Crippen LogP contribution in [0.15, 0.2) is 42.5 Å². The number of benzene rings is 2. The van der Waals surface area contributed by atoms with E-state index in [0.717, 1.165) is 20.4 Å². The van der Waals surface area contributed by atoms with Gasteiger partial charge in [0.2, 0.25) is 5.91 Å². The summed E-state index contributed by atoms with van der Waals surface area (Å²) in [6.45, 7) is 3.63. The lowest BCUT2D eigenvalue weighted by Gasteiger charge is -2.12. The molecule has 24 heavy (non-hydrogen) atoms. The summed E-state index contributed by atoms with van der Waals surface area (Å²) in [5.74, 6) is 0.00535. The summed E-state index contributed by atoms with van der Waals surface area (Å²) >= 11 is 2.19. The second kappa shape index (κ2) is 8.68. The molecule has 126 valence electrons. The van der Waals surface area contributed by atoms with Crippen LogP contribution in [0.4, 0.5) is 5.69 Å². The largest absolute Gasteiger partial charge is 0.484 e. The van der Waals surface area contributed by atoms with Crippen LogP contribution in [-0.4, -0.2) is 25.0 Å². The zero-order valence-electron chi connectivity index (χ0n) is 13.6. The van der Waals surface area contributed by atoms with Crippen molar-refractivity contribution in [3.63, 3.8) is 0 Å². The molecule has 0 atom stereocenters. The van der Waals surface area contributed by atoms with Gasteiger partial charge in [0, 0.05) is 9.26 Å². The topological polar surface area (TPSA) is 67.4 Å². The number of halogens is 1. The Balaban J connectivity index is 1.77. The Morgan fingerprint density at radius 2 is 1.62 bits per heavy atom. The molecule has 2 amide bonds. The maximum absolute atomic E-state index is 12.0. The summed E-state index contributed by atoms with van der Waals surface area (Å²) in [6.07, 6.45) is 0. The first-order chi connectivity index (χ1) is 11.5. The van der Waals surface area contributed by atoms with Crippen molar-refractivity contribution in [2.24, 2.45) is 0 Å². The van der Waals surface area contributed by atoms with Gasteiger partial charge in [-0.15, -0.1) is 0 Å². The smallest absolute Gasteiger partial charge is 0.258 e. The van der Waals surface area contributed by atoms with Crippen LogP contribution in [0.3, 0.4) is 0 Å². The summed E-state index contributed by atoms with van der Waals surface area (Å²) in [7, 11) is 0. The minimum absolute atomic E-state index is 0.0946. The number of para-hydroxylation sites is 1. The molecule has 2 N–H and O–H groups in total. The number of amides is 2. The first kappa shape index (κ1) is 18.3. The van der Waals surface area contributed by atoms with Crippen molar-refractivity contribution >= 4 is 40.1 Å². The Hall–Kier alpha value is -2.09. The van der Waals surface area contributed by atoms with E-state index in [1.54, 1.807) is 12.1 Å². The zero-order chi connectivity index (χ0) is 17.5. The number of aryl methyl sites for hydroxylation is 2. The Morgan fingerprint density at radius 1 is 1.00 bits per heavy atom. The molecule has 0 radical (unpaired) electrons. The van der Waals surface area contributed by atoms with Crippen molar-refractivity contribution in [2.75, 3.05) is 18.5 Å². The SMILES string of the molecule is Cc1cccc(C)c1NC(=O)CNC(=O)COc1ccc(I)cc1. The summed E-state index contributed by atoms with van der Waals surface area (Å²) in [5, 5.41) is 5.36. The molecular formula is C18H19IN2O3. The van der Waals surface area contributed by atoms with Crippen molar-refractivity contribution in [3.8, 4) is 5.75 Å². The van der Waals surface area contributed by atoms with Gasteiger partial charge in [0.15, 0.2) is 6.61 Å². The average molecular weight is 438 g/mol. The van der Waals surface area contributed by atoms with Gasteiger partial charge in [-0.2, -0.15) is 0 Å². The summed E-state index contributed by atoms with van der Waals surface area (Å²) in [6, 6.07) is 13.2. The van der Waals surface area contributed by atoms with Crippen LogP contribution < -0.4 is 15.4 Å². The van der Waals surface area contributed by atoms with E-state index in [4.69, 9.17) is 4.74 Å². The molecule has 0 spiro atoms. The third kappa shape index (κ3) is 5.52. The lowest BCUT2D eigenvalue weighted by atomic mass is 10.1. The molecular weight excluding hydrogens is 419 g/mol. The molecule has 0 aliphatic rings. The maximum Gasteiger partial charge on any atom is 0.258 e. The van der Waals surface area contributed by atoms with Gasteiger partial charge in [-0.25, -0.2) is 0 Å². The van der Waals surface area contributed by atoms with Gasteiger partial charge >= 0.3 is 0 Å². The van der Waals surface area contributed by atoms with E-state index < -0.39 is 0 Å². The molecule has 5 nitrogen and oxygen atoms in total. The number of hydrogen-bond acceptors (Lipinski definition) is 3. The number of anilines is 1. The molecule has 0 bridgehead atoms. The normalized spacial score (nSPS) is 10.1. The fourth-order valence-corrected chi connectivity index (χ4v) is 2.46. The third-order valence-corrected chi connectivity index (χ3v) is 4.09. The second-order valence-corrected chi connectivity index (χ2v) is 6.58. The van der Waals surface area contributed by atoms with E-state index in [2.05, 4.69) is 33.2 Å². The van der Waals surface area contributed by atoms with Gasteiger partial charge in [0.05, 0.1) is 6.54 Å². The highest BCUT2D eigenvalue weighted by Gasteiger charge is 2.09. The van der Waals surface area contributed by atoms with E-state index in [1.165, 1.54) is 0 Å². The van der Waals surface area contributed by atoms with Crippen molar-refractivity contribution in [3.05, 3.63) is 57.2 Å². The third-order valence-electron chi connectivity index (χ3n) is 3.38. The van der Waals surface area contributed by atoms with Crippen LogP contribution in [0, 0.1) is 17.4 Å². The molecule has 6 heteroatoms. The van der Waals surface area contributed by atoms with E-state index in [0.29, 0.717) is 5.75 Å². The monoisotopic (exact) mass is 438 g/mol. The lowest BCUT2D eigenvalue weighted by molar-refractivity contribution is -0.125. The van der Waals surface area contributed by atoms with Gasteiger partial charge in [0.25, 0.3) is 5.91 Å². The number of hydrogen-bond donors (Lipinski definition) is 2. The fourth-order valence-electron chi connectivity index (χ4n) is 2.10. The van der Waals surface area contributed by atoms with E-state index in [9.17, 15) is 9.59 Å². The summed E-state index contributed by atoms with van der Waals surface area (Å²) < 4.78 is 6.45. The summed E-state index contributed by atoms with van der Waals surface area (Å²) in [5.41, 5.74) is 2.75. The first-order valence-electron chi connectivity index (χ1n) is 7.47. The van der Waals surface area contributed by atoms with Crippen LogP contribution in [0.2, 0.25) is 0 Å². The highest BCUT2D eigenvalue weighted by molar-refractivity contribution is 14.1. The Morgan fingerprint density at radius 3 is 2.25 bits per heavy atom. The second-order valence-electron chi connectivity index (χ2n) is 5.33. The fraction of sp³-hybridized carbons (Fsp3) is 0.222. The van der Waals surface area contributed by atoms with Crippen molar-refractivity contribution in [1.82, 2.24) is 5.32 Å². The molecule has 0 saturated carbocycles. The zero-order valence-corrected chi connectivity index (χ0v) is 15.7. The van der Waals surface area contributed by atoms with Gasteiger partial charge in [0.1, 0.15) is 5.75 Å². The number of nitrogens with one attached hydrogen (secondary N) is 2. The standard InChI is InChI=1S/C18H19IN2O3/c1-12-4-3-5-13(2)18(12)21-16(22)10-20-17(23)11-24-15-8-6-14(19)7-9-15/h3-9H,10-11H2,1-2H3,(H,20,23)(H,21,22). The van der Waals surface area contributed by atoms with Gasteiger partial charge < -0.3 is 15.4 Å². The van der Waals surface area contributed by atoms with Crippen molar-refractivity contribution < 1.29 is 14.3 Å². The predicted octanol–water partition coefficient (Wildman–Crippen LogP) is 3.04. The van der Waals surface area contributed by atoms with Crippen LogP contribution in [0.25, 0.3) is 0 Å². The molecule has 0 aliphatic heterocycles. The molecule has 2 aromatic carbocycles. The van der Waals surface area contributed by atoms with Crippen LogP contribution >= 0.6 is 22.6 Å². The quantitative estimate of drug-likeness (QED) is 0.682. The molecule has 0 fully saturated rings. The number of rotatable bonds is 6. The van der Waals surface area contributed by atoms with E-state index in [-0.39, 0.29) is 25.0 Å². The van der Waals surface area contributed by atoms with E-state index in [1.807, 2.05) is 44.2 Å². The first-order valence-corrected chi connectivity index (χ1v) is 8.54. The van der Waals surface area contributed by atoms with Gasteiger partial charge in [-0.3, -0.25) is 9.59 Å². The van der Waals surface area contributed by atoms with Crippen LogP contribution in [0.1, 0.15) is 11.1 Å². The summed E-state index contributed by atoms with van der Waals surface area (Å²) in [4.78, 5) is 23.7. The lowest BCUT2D eigenvalue weighted by Crippen LogP contribution is -2.36. The number of ether oxygens (including phenoxy) is 1. The average Bonchev–Trinajstić information content (AvgIpc) is 2.56. The molecule has 0 heterocycles. The Kier molecular flexibility index (Phi) is 6.60. The van der Waals surface area contributed by atoms with Crippen molar-refractivity contribution in [1.29, 1.82) is 0 Å². The maximum atomic E-state index is 12.0. The van der Waals surface area contributed by atoms with Gasteiger partial charge in [-0.05, 0) is 71.8 Å². The molecule has 0 aromatic heterocycles. The Bertz CT molecular complexity index is 709. The minimum atomic E-state index is -0.342. The molecule has 0 unspecified atom stereocenters. The van der Waals surface area contributed by atoms with E-state index >= 15 is 0 Å². The molecule has 2 rings (SSSR count). The highest BCUT2D eigenvalue weighted by atomic mass is 127. The highest BCUT2D eigenvalue weighted by Crippen LogP contribution is 2.19. The predicted molar refractivity (Wildman–Crippen MR) is 102 cm³/mol. The number of carbonyl (C=O) groups excluding carboxylic acids is 2. The minimum Gasteiger partial charge on any atom is -0.484 e. The van der Waals surface area contributed by atoms with Crippen molar-refractivity contribution in [2.45, 2.75) is 13.8 Å². The molecule has 2 aromatic rings. The number of carbonyl (C=O) groups is 2.